The number of aryl methyl sites for hydroxylation is 3. The van der Waals surface area contributed by atoms with E-state index in [4.69, 9.17) is 9.47 Å². The highest BCUT2D eigenvalue weighted by Crippen LogP contribution is 2.30. The summed E-state index contributed by atoms with van der Waals surface area (Å²) < 4.78 is 10.6. The SMILES string of the molecule is Cc1cccc(C)c1OCC(=O)OCC(=O)N1CCCc2cc([N+](=O)[O-])ccc21. The van der Waals surface area contributed by atoms with Crippen molar-refractivity contribution in [3.05, 3.63) is 63.2 Å². The molecule has 2 aromatic rings. The number of esters is 1. The highest BCUT2D eigenvalue weighted by atomic mass is 16.6. The summed E-state index contributed by atoms with van der Waals surface area (Å²) in [5.74, 6) is -0.385. The number of hydrogen-bond donors (Lipinski definition) is 0. The van der Waals surface area contributed by atoms with Gasteiger partial charge in [-0.3, -0.25) is 14.9 Å². The van der Waals surface area contributed by atoms with Crippen LogP contribution in [-0.4, -0.2) is 36.6 Å². The minimum atomic E-state index is -0.637. The van der Waals surface area contributed by atoms with Gasteiger partial charge in [0.15, 0.2) is 13.2 Å². The molecule has 2 aromatic carbocycles. The zero-order chi connectivity index (χ0) is 21.0. The zero-order valence-electron chi connectivity index (χ0n) is 16.3. The summed E-state index contributed by atoms with van der Waals surface area (Å²) in [5, 5.41) is 10.9. The van der Waals surface area contributed by atoms with Gasteiger partial charge >= 0.3 is 5.97 Å². The van der Waals surface area contributed by atoms with Crippen molar-refractivity contribution in [1.29, 1.82) is 0 Å². The third kappa shape index (κ3) is 4.71. The number of para-hydroxylation sites is 1. The van der Waals surface area contributed by atoms with E-state index in [1.165, 1.54) is 17.0 Å². The number of anilines is 1. The molecule has 1 heterocycles. The third-order valence-corrected chi connectivity index (χ3v) is 4.79. The van der Waals surface area contributed by atoms with E-state index in [9.17, 15) is 19.7 Å². The van der Waals surface area contributed by atoms with Crippen LogP contribution in [0.1, 0.15) is 23.1 Å². The standard InChI is InChI=1S/C21H22N2O6/c1-14-5-3-6-15(2)21(14)29-13-20(25)28-12-19(24)22-10-4-7-16-11-17(23(26)27)8-9-18(16)22/h3,5-6,8-9,11H,4,7,10,12-13H2,1-2H3. The first-order valence-electron chi connectivity index (χ1n) is 9.29. The molecule has 0 N–H and O–H groups in total. The average Bonchev–Trinajstić information content (AvgIpc) is 2.70. The van der Waals surface area contributed by atoms with Crippen LogP contribution in [0.25, 0.3) is 0 Å². The number of nitro groups is 1. The smallest absolute Gasteiger partial charge is 0.344 e. The fourth-order valence-electron chi connectivity index (χ4n) is 3.38. The molecule has 1 aliphatic heterocycles. The van der Waals surface area contributed by atoms with E-state index >= 15 is 0 Å². The fourth-order valence-corrected chi connectivity index (χ4v) is 3.38. The van der Waals surface area contributed by atoms with Crippen LogP contribution >= 0.6 is 0 Å². The van der Waals surface area contributed by atoms with Crippen LogP contribution in [0.3, 0.4) is 0 Å². The van der Waals surface area contributed by atoms with Crippen LogP contribution in [0.4, 0.5) is 11.4 Å². The lowest BCUT2D eigenvalue weighted by molar-refractivity contribution is -0.384. The topological polar surface area (TPSA) is 99.0 Å². The van der Waals surface area contributed by atoms with Gasteiger partial charge in [0.25, 0.3) is 11.6 Å². The van der Waals surface area contributed by atoms with E-state index in [0.29, 0.717) is 30.8 Å². The molecule has 0 atom stereocenters. The van der Waals surface area contributed by atoms with Gasteiger partial charge in [-0.05, 0) is 49.4 Å². The Hall–Kier alpha value is -3.42. The van der Waals surface area contributed by atoms with Crippen LogP contribution in [0.5, 0.6) is 5.75 Å². The predicted molar refractivity (Wildman–Crippen MR) is 106 cm³/mol. The number of carbonyl (C=O) groups excluding carboxylic acids is 2. The normalized spacial score (nSPS) is 12.8. The van der Waals surface area contributed by atoms with Crippen LogP contribution in [0.15, 0.2) is 36.4 Å². The Kier molecular flexibility index (Phi) is 6.11. The molecule has 1 aliphatic rings. The van der Waals surface area contributed by atoms with Crippen LogP contribution in [0.2, 0.25) is 0 Å². The summed E-state index contributed by atoms with van der Waals surface area (Å²) >= 11 is 0. The molecule has 0 spiro atoms. The van der Waals surface area contributed by atoms with Crippen molar-refractivity contribution in [3.8, 4) is 5.75 Å². The van der Waals surface area contributed by atoms with Gasteiger partial charge in [-0.1, -0.05) is 18.2 Å². The molecule has 0 fully saturated rings. The molecular formula is C21H22N2O6. The minimum Gasteiger partial charge on any atom is -0.481 e. The van der Waals surface area contributed by atoms with E-state index in [0.717, 1.165) is 16.7 Å². The Morgan fingerprint density at radius 3 is 2.55 bits per heavy atom. The van der Waals surface area contributed by atoms with Crippen molar-refractivity contribution in [3.63, 3.8) is 0 Å². The molecule has 1 amide bonds. The van der Waals surface area contributed by atoms with Gasteiger partial charge in [-0.2, -0.15) is 0 Å². The van der Waals surface area contributed by atoms with Crippen LogP contribution < -0.4 is 9.64 Å². The number of benzene rings is 2. The number of rotatable bonds is 6. The van der Waals surface area contributed by atoms with E-state index in [2.05, 4.69) is 0 Å². The average molecular weight is 398 g/mol. The van der Waals surface area contributed by atoms with E-state index in [1.54, 1.807) is 6.07 Å². The van der Waals surface area contributed by atoms with Crippen molar-refractivity contribution < 1.29 is 24.0 Å². The summed E-state index contributed by atoms with van der Waals surface area (Å²) in [7, 11) is 0. The Morgan fingerprint density at radius 2 is 1.86 bits per heavy atom. The van der Waals surface area contributed by atoms with Crippen molar-refractivity contribution >= 4 is 23.3 Å². The van der Waals surface area contributed by atoms with E-state index < -0.39 is 17.5 Å². The Bertz CT molecular complexity index is 936. The second kappa shape index (κ2) is 8.72. The number of ether oxygens (including phenoxy) is 2. The molecular weight excluding hydrogens is 376 g/mol. The molecule has 0 bridgehead atoms. The lowest BCUT2D eigenvalue weighted by atomic mass is 10.0. The lowest BCUT2D eigenvalue weighted by Gasteiger charge is -2.29. The van der Waals surface area contributed by atoms with E-state index in [-0.39, 0.29) is 18.2 Å². The Balaban J connectivity index is 1.57. The first-order valence-corrected chi connectivity index (χ1v) is 9.29. The largest absolute Gasteiger partial charge is 0.481 e. The lowest BCUT2D eigenvalue weighted by Crippen LogP contribution is -2.38. The molecule has 8 nitrogen and oxygen atoms in total. The van der Waals surface area contributed by atoms with Crippen LogP contribution in [0, 0.1) is 24.0 Å². The molecule has 0 radical (unpaired) electrons. The van der Waals surface area contributed by atoms with Gasteiger partial charge in [-0.15, -0.1) is 0 Å². The highest BCUT2D eigenvalue weighted by molar-refractivity contribution is 5.96. The first-order chi connectivity index (χ1) is 13.9. The molecule has 3 rings (SSSR count). The van der Waals surface area contributed by atoms with Gasteiger partial charge in [0.1, 0.15) is 5.75 Å². The number of hydrogen-bond acceptors (Lipinski definition) is 6. The summed E-state index contributed by atoms with van der Waals surface area (Å²) in [6.45, 7) is 3.54. The monoisotopic (exact) mass is 398 g/mol. The van der Waals surface area contributed by atoms with Gasteiger partial charge in [0, 0.05) is 24.4 Å². The van der Waals surface area contributed by atoms with Gasteiger partial charge in [-0.25, -0.2) is 4.79 Å². The summed E-state index contributed by atoms with van der Waals surface area (Å²) in [4.78, 5) is 36.5. The maximum absolute atomic E-state index is 12.5. The number of amides is 1. The highest BCUT2D eigenvalue weighted by Gasteiger charge is 2.25. The van der Waals surface area contributed by atoms with Crippen molar-refractivity contribution in [2.75, 3.05) is 24.7 Å². The van der Waals surface area contributed by atoms with Gasteiger partial charge in [0.05, 0.1) is 4.92 Å². The number of non-ortho nitro benzene ring substituents is 1. The molecule has 0 saturated heterocycles. The molecule has 152 valence electrons. The maximum atomic E-state index is 12.5. The van der Waals surface area contributed by atoms with Gasteiger partial charge in [0.2, 0.25) is 0 Å². The number of nitrogens with zero attached hydrogens (tertiary/aromatic N) is 2. The third-order valence-electron chi connectivity index (χ3n) is 4.79. The predicted octanol–water partition coefficient (Wildman–Crippen LogP) is 3.11. The molecule has 8 heteroatoms. The van der Waals surface area contributed by atoms with E-state index in [1.807, 2.05) is 32.0 Å². The summed E-state index contributed by atoms with van der Waals surface area (Å²) in [6.07, 6.45) is 1.34. The first kappa shape index (κ1) is 20.3. The minimum absolute atomic E-state index is 0.00637. The quantitative estimate of drug-likeness (QED) is 0.421. The number of carbonyl (C=O) groups is 2. The Labute approximate surface area is 168 Å². The summed E-state index contributed by atoms with van der Waals surface area (Å²) in [5.41, 5.74) is 3.17. The second-order valence-corrected chi connectivity index (χ2v) is 6.89. The number of fused-ring (bicyclic) bond motifs is 1. The van der Waals surface area contributed by atoms with Crippen LogP contribution in [-0.2, 0) is 20.7 Å². The van der Waals surface area contributed by atoms with Crippen molar-refractivity contribution in [2.24, 2.45) is 0 Å². The van der Waals surface area contributed by atoms with Crippen molar-refractivity contribution in [2.45, 2.75) is 26.7 Å². The second-order valence-electron chi connectivity index (χ2n) is 6.89. The molecule has 0 aliphatic carbocycles. The van der Waals surface area contributed by atoms with Crippen molar-refractivity contribution in [1.82, 2.24) is 0 Å². The molecule has 0 aromatic heterocycles. The fraction of sp³-hybridized carbons (Fsp3) is 0.333. The zero-order valence-corrected chi connectivity index (χ0v) is 16.3. The van der Waals surface area contributed by atoms with Gasteiger partial charge < -0.3 is 14.4 Å². The molecule has 0 unspecified atom stereocenters. The maximum Gasteiger partial charge on any atom is 0.344 e. The molecule has 29 heavy (non-hydrogen) atoms. The number of nitro benzene ring substituents is 1. The molecule has 0 saturated carbocycles. The Morgan fingerprint density at radius 1 is 1.14 bits per heavy atom. The summed E-state index contributed by atoms with van der Waals surface area (Å²) in [6, 6.07) is 10.1.